The Kier molecular flexibility index (Phi) is 2.86. The van der Waals surface area contributed by atoms with E-state index in [9.17, 15) is 13.2 Å². The van der Waals surface area contributed by atoms with E-state index < -0.39 is 18.7 Å². The van der Waals surface area contributed by atoms with Crippen LogP contribution in [0.15, 0.2) is 12.7 Å². The van der Waals surface area contributed by atoms with Crippen LogP contribution in [0.1, 0.15) is 6.42 Å². The minimum absolute atomic E-state index is 0.000671. The average molecular weight is 195 g/mol. The highest BCUT2D eigenvalue weighted by molar-refractivity contribution is 4.66. The lowest BCUT2D eigenvalue weighted by atomic mass is 10.2. The maximum Gasteiger partial charge on any atom is 0.414 e. The molecule has 13 heavy (non-hydrogen) atoms. The molecule has 1 rings (SSSR count). The van der Waals surface area contributed by atoms with Gasteiger partial charge in [-0.15, -0.1) is 0 Å². The van der Waals surface area contributed by atoms with Crippen molar-refractivity contribution in [2.75, 3.05) is 0 Å². The first-order chi connectivity index (χ1) is 6.00. The Hall–Kier alpha value is -1.11. The van der Waals surface area contributed by atoms with Crippen LogP contribution in [0.5, 0.6) is 0 Å². The molecule has 7 heteroatoms. The first-order valence-electron chi connectivity index (χ1n) is 3.57. The van der Waals surface area contributed by atoms with Crippen LogP contribution in [-0.2, 0) is 6.54 Å². The van der Waals surface area contributed by atoms with E-state index in [1.54, 1.807) is 0 Å². The molecule has 1 aromatic heterocycles. The second-order valence-electron chi connectivity index (χ2n) is 2.50. The van der Waals surface area contributed by atoms with Crippen molar-refractivity contribution in [1.82, 2.24) is 14.8 Å². The smallest absolute Gasteiger partial charge is 0.384 e. The fourth-order valence-corrected chi connectivity index (χ4v) is 0.766. The number of aryl methyl sites for hydroxylation is 1. The van der Waals surface area contributed by atoms with E-state index in [0.717, 1.165) is 0 Å². The molecule has 0 amide bonds. The van der Waals surface area contributed by atoms with E-state index in [0.29, 0.717) is 0 Å². The minimum Gasteiger partial charge on any atom is -0.384 e. The van der Waals surface area contributed by atoms with Crippen molar-refractivity contribution in [3.63, 3.8) is 0 Å². The molecule has 0 aliphatic rings. The van der Waals surface area contributed by atoms with Gasteiger partial charge in [0, 0.05) is 13.0 Å². The molecular weight excluding hydrogens is 187 g/mol. The van der Waals surface area contributed by atoms with Gasteiger partial charge in [0.25, 0.3) is 0 Å². The van der Waals surface area contributed by atoms with E-state index in [1.165, 1.54) is 17.3 Å². The quantitative estimate of drug-likeness (QED) is 0.767. The maximum absolute atomic E-state index is 11.8. The summed E-state index contributed by atoms with van der Waals surface area (Å²) < 4.78 is 36.6. The molecule has 0 radical (unpaired) electrons. The second-order valence-corrected chi connectivity index (χ2v) is 2.50. The zero-order valence-corrected chi connectivity index (χ0v) is 6.57. The van der Waals surface area contributed by atoms with E-state index >= 15 is 0 Å². The number of aliphatic hydroxyl groups excluding tert-OH is 1. The van der Waals surface area contributed by atoms with Gasteiger partial charge in [0.1, 0.15) is 12.7 Å². The number of hydrogen-bond donors (Lipinski definition) is 1. The summed E-state index contributed by atoms with van der Waals surface area (Å²) in [6.45, 7) is 0.000671. The molecule has 0 saturated carbocycles. The standard InChI is InChI=1S/C6H8F3N3O/c7-6(8,9)5(13)1-2-12-4-10-3-11-12/h3-5,13H,1-2H2/t5-/m1/s1. The summed E-state index contributed by atoms with van der Waals surface area (Å²) in [4.78, 5) is 3.55. The van der Waals surface area contributed by atoms with Crippen LogP contribution in [0.3, 0.4) is 0 Å². The molecule has 1 atom stereocenters. The zero-order valence-electron chi connectivity index (χ0n) is 6.57. The van der Waals surface area contributed by atoms with Gasteiger partial charge in [0.2, 0.25) is 0 Å². The molecule has 4 nitrogen and oxygen atoms in total. The van der Waals surface area contributed by atoms with Crippen LogP contribution in [0.4, 0.5) is 13.2 Å². The molecule has 0 bridgehead atoms. The van der Waals surface area contributed by atoms with Crippen LogP contribution in [0.2, 0.25) is 0 Å². The molecule has 0 saturated heterocycles. The Labute approximate surface area is 72.0 Å². The van der Waals surface area contributed by atoms with Gasteiger partial charge >= 0.3 is 6.18 Å². The average Bonchev–Trinajstić information content (AvgIpc) is 2.50. The van der Waals surface area contributed by atoms with Crippen LogP contribution in [0, 0.1) is 0 Å². The summed E-state index contributed by atoms with van der Waals surface area (Å²) in [5, 5.41) is 12.2. The van der Waals surface area contributed by atoms with Crippen LogP contribution in [0.25, 0.3) is 0 Å². The van der Waals surface area contributed by atoms with Gasteiger partial charge in [-0.2, -0.15) is 18.3 Å². The number of rotatable bonds is 3. The maximum atomic E-state index is 11.8. The fourth-order valence-electron chi connectivity index (χ4n) is 0.766. The van der Waals surface area contributed by atoms with Crippen LogP contribution >= 0.6 is 0 Å². The van der Waals surface area contributed by atoms with Crippen molar-refractivity contribution >= 4 is 0 Å². The molecule has 1 N–H and O–H groups in total. The Morgan fingerprint density at radius 1 is 1.46 bits per heavy atom. The fraction of sp³-hybridized carbons (Fsp3) is 0.667. The minimum atomic E-state index is -4.55. The van der Waals surface area contributed by atoms with Crippen molar-refractivity contribution in [1.29, 1.82) is 0 Å². The molecule has 1 aromatic rings. The highest BCUT2D eigenvalue weighted by Crippen LogP contribution is 2.22. The van der Waals surface area contributed by atoms with Gasteiger partial charge < -0.3 is 5.11 Å². The lowest BCUT2D eigenvalue weighted by Crippen LogP contribution is -2.29. The number of halogens is 3. The summed E-state index contributed by atoms with van der Waals surface area (Å²) in [5.41, 5.74) is 0. The van der Waals surface area contributed by atoms with Crippen molar-refractivity contribution in [3.8, 4) is 0 Å². The largest absolute Gasteiger partial charge is 0.414 e. The normalized spacial score (nSPS) is 14.5. The lowest BCUT2D eigenvalue weighted by molar-refractivity contribution is -0.206. The molecule has 0 unspecified atom stereocenters. The van der Waals surface area contributed by atoms with Gasteiger partial charge in [-0.3, -0.25) is 4.68 Å². The van der Waals surface area contributed by atoms with E-state index in [1.807, 2.05) is 0 Å². The highest BCUT2D eigenvalue weighted by atomic mass is 19.4. The summed E-state index contributed by atoms with van der Waals surface area (Å²) in [7, 11) is 0. The zero-order chi connectivity index (χ0) is 9.90. The Bertz CT molecular complexity index is 246. The van der Waals surface area contributed by atoms with Gasteiger partial charge in [-0.1, -0.05) is 0 Å². The van der Waals surface area contributed by atoms with Gasteiger partial charge in [0.05, 0.1) is 0 Å². The molecule has 0 aromatic carbocycles. The number of aliphatic hydroxyl groups is 1. The highest BCUT2D eigenvalue weighted by Gasteiger charge is 2.37. The van der Waals surface area contributed by atoms with Gasteiger partial charge in [0.15, 0.2) is 6.10 Å². The van der Waals surface area contributed by atoms with E-state index in [-0.39, 0.29) is 6.54 Å². The third kappa shape index (κ3) is 3.02. The molecule has 0 spiro atoms. The topological polar surface area (TPSA) is 50.9 Å². The third-order valence-corrected chi connectivity index (χ3v) is 1.48. The van der Waals surface area contributed by atoms with Crippen molar-refractivity contribution in [3.05, 3.63) is 12.7 Å². The Balaban J connectivity index is 2.35. The Morgan fingerprint density at radius 3 is 2.62 bits per heavy atom. The van der Waals surface area contributed by atoms with Crippen LogP contribution in [-0.4, -0.2) is 32.2 Å². The van der Waals surface area contributed by atoms with Crippen molar-refractivity contribution in [2.24, 2.45) is 0 Å². The second kappa shape index (κ2) is 3.73. The predicted octanol–water partition coefficient (Wildman–Crippen LogP) is 0.591. The predicted molar refractivity (Wildman–Crippen MR) is 36.7 cm³/mol. The number of aromatic nitrogens is 3. The summed E-state index contributed by atoms with van der Waals surface area (Å²) >= 11 is 0. The van der Waals surface area contributed by atoms with Gasteiger partial charge in [-0.05, 0) is 0 Å². The first kappa shape index (κ1) is 9.97. The molecule has 0 aliphatic heterocycles. The van der Waals surface area contributed by atoms with Gasteiger partial charge in [-0.25, -0.2) is 4.98 Å². The summed E-state index contributed by atoms with van der Waals surface area (Å²) in [5.74, 6) is 0. The Morgan fingerprint density at radius 2 is 2.15 bits per heavy atom. The number of nitrogens with zero attached hydrogens (tertiary/aromatic N) is 3. The first-order valence-corrected chi connectivity index (χ1v) is 3.57. The van der Waals surface area contributed by atoms with E-state index in [4.69, 9.17) is 5.11 Å². The third-order valence-electron chi connectivity index (χ3n) is 1.48. The monoisotopic (exact) mass is 195 g/mol. The molecule has 0 fully saturated rings. The summed E-state index contributed by atoms with van der Waals surface area (Å²) in [6, 6.07) is 0. The van der Waals surface area contributed by atoms with Crippen molar-refractivity contribution < 1.29 is 18.3 Å². The lowest BCUT2D eigenvalue weighted by Gasteiger charge is -2.13. The molecule has 1 heterocycles. The van der Waals surface area contributed by atoms with Crippen LogP contribution < -0.4 is 0 Å². The molecule has 74 valence electrons. The summed E-state index contributed by atoms with van der Waals surface area (Å²) in [6.07, 6.45) is -4.74. The number of alkyl halides is 3. The number of hydrogen-bond acceptors (Lipinski definition) is 3. The van der Waals surface area contributed by atoms with E-state index in [2.05, 4.69) is 10.1 Å². The SMILES string of the molecule is O[C@H](CCn1cncn1)C(F)(F)F. The molecule has 0 aliphatic carbocycles. The van der Waals surface area contributed by atoms with Crippen molar-refractivity contribution in [2.45, 2.75) is 25.2 Å². The molecular formula is C6H8F3N3O.